The molecule has 0 unspecified atom stereocenters. The summed E-state index contributed by atoms with van der Waals surface area (Å²) in [6.07, 6.45) is -2.35. The first-order valence-electron chi connectivity index (χ1n) is 8.70. The second-order valence-electron chi connectivity index (χ2n) is 7.78. The molecule has 26 heavy (non-hydrogen) atoms. The van der Waals surface area contributed by atoms with Gasteiger partial charge in [-0.05, 0) is 42.5 Å². The van der Waals surface area contributed by atoms with Crippen LogP contribution in [-0.4, -0.2) is 35.7 Å². The van der Waals surface area contributed by atoms with Crippen molar-refractivity contribution in [3.63, 3.8) is 0 Å². The van der Waals surface area contributed by atoms with Crippen LogP contribution in [0.2, 0.25) is 0 Å². The molecule has 2 rings (SSSR count). The molecule has 1 fully saturated rings. The predicted molar refractivity (Wildman–Crippen MR) is 92.4 cm³/mol. The van der Waals surface area contributed by atoms with E-state index >= 15 is 0 Å². The summed E-state index contributed by atoms with van der Waals surface area (Å²) in [6.45, 7) is 5.83. The van der Waals surface area contributed by atoms with Crippen molar-refractivity contribution in [2.45, 2.75) is 64.2 Å². The number of carboxylic acid groups (broad SMARTS) is 1. The van der Waals surface area contributed by atoms with E-state index in [1.54, 1.807) is 25.7 Å². The molecule has 0 bridgehead atoms. The summed E-state index contributed by atoms with van der Waals surface area (Å²) in [4.78, 5) is 13.2. The third-order valence-corrected chi connectivity index (χ3v) is 4.81. The Kier molecular flexibility index (Phi) is 5.90. The molecule has 1 aromatic carbocycles. The van der Waals surface area contributed by atoms with E-state index in [2.05, 4.69) is 0 Å². The average molecular weight is 373 g/mol. The van der Waals surface area contributed by atoms with Crippen LogP contribution in [0.1, 0.15) is 56.7 Å². The van der Waals surface area contributed by atoms with Gasteiger partial charge in [0.25, 0.3) is 0 Å². The normalized spacial score (nSPS) is 19.4. The molecule has 0 radical (unpaired) electrons. The molecule has 0 spiro atoms. The lowest BCUT2D eigenvalue weighted by Crippen LogP contribution is -2.44. The van der Waals surface area contributed by atoms with Gasteiger partial charge in [-0.15, -0.1) is 0 Å². The number of nitrogens with zero attached hydrogens (tertiary/aromatic N) is 1. The number of hydrogen-bond acceptors (Lipinski definition) is 3. The van der Waals surface area contributed by atoms with Crippen LogP contribution < -0.4 is 4.74 Å². The number of hydrogen-bond donors (Lipinski definition) is 1. The maximum absolute atomic E-state index is 13.6. The fraction of sp³-hybridized carbons (Fsp3) is 0.632. The van der Waals surface area contributed by atoms with Crippen molar-refractivity contribution in [3.8, 4) is 5.75 Å². The first-order valence-corrected chi connectivity index (χ1v) is 8.70. The minimum Gasteiger partial charge on any atom is -0.496 e. The van der Waals surface area contributed by atoms with Crippen LogP contribution in [0.25, 0.3) is 0 Å². The van der Waals surface area contributed by atoms with Gasteiger partial charge in [-0.2, -0.15) is 13.2 Å². The standard InChI is InChI=1S/C19H26F3NO3/c1-18(2,3)13-10-16(26-4)12(9-14(13)19(20,21)22)11-23-8-6-5-7-15(23)17(24)25/h9-10,15H,5-8,11H2,1-4H3,(H,24,25)/t15-/m1/s1. The van der Waals surface area contributed by atoms with Crippen LogP contribution in [0.3, 0.4) is 0 Å². The van der Waals surface area contributed by atoms with Gasteiger partial charge in [0.05, 0.1) is 12.7 Å². The Balaban J connectivity index is 2.49. The molecule has 1 aromatic rings. The van der Waals surface area contributed by atoms with Gasteiger partial charge in [-0.3, -0.25) is 9.69 Å². The Hall–Kier alpha value is -1.76. The second kappa shape index (κ2) is 7.47. The number of methoxy groups -OCH3 is 1. The summed E-state index contributed by atoms with van der Waals surface area (Å²) in [5, 5.41) is 9.39. The smallest absolute Gasteiger partial charge is 0.416 e. The highest BCUT2D eigenvalue weighted by molar-refractivity contribution is 5.73. The second-order valence-corrected chi connectivity index (χ2v) is 7.78. The summed E-state index contributed by atoms with van der Waals surface area (Å²) in [5.41, 5.74) is -0.865. The van der Waals surface area contributed by atoms with E-state index in [9.17, 15) is 23.1 Å². The monoisotopic (exact) mass is 373 g/mol. The molecule has 0 saturated carbocycles. The van der Waals surface area contributed by atoms with Crippen molar-refractivity contribution < 1.29 is 27.8 Å². The highest BCUT2D eigenvalue weighted by Crippen LogP contribution is 2.41. The molecular formula is C19H26F3NO3. The number of carbonyl (C=O) groups is 1. The molecule has 1 aliphatic heterocycles. The van der Waals surface area contributed by atoms with Crippen molar-refractivity contribution in [1.29, 1.82) is 0 Å². The summed E-state index contributed by atoms with van der Waals surface area (Å²) in [5.74, 6) is -0.580. The molecular weight excluding hydrogens is 347 g/mol. The third-order valence-electron chi connectivity index (χ3n) is 4.81. The topological polar surface area (TPSA) is 49.8 Å². The van der Waals surface area contributed by atoms with Crippen LogP contribution in [0.15, 0.2) is 12.1 Å². The Bertz CT molecular complexity index is 665. The quantitative estimate of drug-likeness (QED) is 0.847. The largest absolute Gasteiger partial charge is 0.496 e. The van der Waals surface area contributed by atoms with Crippen LogP contribution in [0.4, 0.5) is 13.2 Å². The number of ether oxygens (including phenoxy) is 1. The number of benzene rings is 1. The number of alkyl halides is 3. The fourth-order valence-corrected chi connectivity index (χ4v) is 3.47. The van der Waals surface area contributed by atoms with Crippen molar-refractivity contribution in [2.75, 3.05) is 13.7 Å². The van der Waals surface area contributed by atoms with E-state index in [-0.39, 0.29) is 12.1 Å². The number of rotatable bonds is 4. The van der Waals surface area contributed by atoms with Gasteiger partial charge >= 0.3 is 12.1 Å². The van der Waals surface area contributed by atoms with E-state index < -0.39 is 29.2 Å². The summed E-state index contributed by atoms with van der Waals surface area (Å²) in [7, 11) is 1.42. The summed E-state index contributed by atoms with van der Waals surface area (Å²) in [6, 6.07) is 1.88. The van der Waals surface area contributed by atoms with Crippen LogP contribution >= 0.6 is 0 Å². The zero-order chi connectivity index (χ0) is 19.7. The molecule has 1 N–H and O–H groups in total. The lowest BCUT2D eigenvalue weighted by Gasteiger charge is -2.34. The van der Waals surface area contributed by atoms with Crippen LogP contribution in [-0.2, 0) is 22.9 Å². The maximum atomic E-state index is 13.6. The molecule has 7 heteroatoms. The van der Waals surface area contributed by atoms with E-state index in [0.29, 0.717) is 24.3 Å². The van der Waals surface area contributed by atoms with Crippen molar-refractivity contribution >= 4 is 5.97 Å². The number of piperidine rings is 1. The molecule has 146 valence electrons. The van der Waals surface area contributed by atoms with Crippen molar-refractivity contribution in [1.82, 2.24) is 4.90 Å². The molecule has 0 aromatic heterocycles. The van der Waals surface area contributed by atoms with Crippen molar-refractivity contribution in [3.05, 3.63) is 28.8 Å². The lowest BCUT2D eigenvalue weighted by atomic mass is 9.82. The minimum atomic E-state index is -4.49. The zero-order valence-corrected chi connectivity index (χ0v) is 15.6. The first kappa shape index (κ1) is 20.6. The minimum absolute atomic E-state index is 0.119. The van der Waals surface area contributed by atoms with E-state index in [1.165, 1.54) is 13.2 Å². The molecule has 1 saturated heterocycles. The SMILES string of the molecule is COc1cc(C(C)(C)C)c(C(F)(F)F)cc1CN1CCCC[C@@H]1C(=O)O. The molecule has 4 nitrogen and oxygen atoms in total. The maximum Gasteiger partial charge on any atom is 0.416 e. The van der Waals surface area contributed by atoms with Crippen LogP contribution in [0.5, 0.6) is 5.75 Å². The van der Waals surface area contributed by atoms with E-state index in [1.807, 2.05) is 0 Å². The van der Waals surface area contributed by atoms with Gasteiger partial charge in [0.15, 0.2) is 0 Å². The van der Waals surface area contributed by atoms with Gasteiger partial charge in [0, 0.05) is 12.1 Å². The van der Waals surface area contributed by atoms with Gasteiger partial charge in [0.2, 0.25) is 0 Å². The summed E-state index contributed by atoms with van der Waals surface area (Å²) >= 11 is 0. The molecule has 1 heterocycles. The highest BCUT2D eigenvalue weighted by Gasteiger charge is 2.38. The fourth-order valence-electron chi connectivity index (χ4n) is 3.47. The molecule has 0 amide bonds. The highest BCUT2D eigenvalue weighted by atomic mass is 19.4. The number of aliphatic carboxylic acids is 1. The number of carboxylic acids is 1. The summed E-state index contributed by atoms with van der Waals surface area (Å²) < 4.78 is 46.2. The first-order chi connectivity index (χ1) is 11.9. The molecule has 0 aliphatic carbocycles. The Labute approximate surface area is 151 Å². The van der Waals surface area contributed by atoms with Gasteiger partial charge < -0.3 is 9.84 Å². The lowest BCUT2D eigenvalue weighted by molar-refractivity contribution is -0.145. The molecule has 1 aliphatic rings. The Morgan fingerprint density at radius 3 is 2.38 bits per heavy atom. The predicted octanol–water partition coefficient (Wildman–Crippen LogP) is 4.45. The van der Waals surface area contributed by atoms with Crippen molar-refractivity contribution in [2.24, 2.45) is 0 Å². The Morgan fingerprint density at radius 1 is 1.23 bits per heavy atom. The van der Waals surface area contributed by atoms with E-state index in [4.69, 9.17) is 4.74 Å². The number of halogens is 3. The van der Waals surface area contributed by atoms with Gasteiger partial charge in [-0.25, -0.2) is 0 Å². The van der Waals surface area contributed by atoms with Gasteiger partial charge in [0.1, 0.15) is 11.8 Å². The average Bonchev–Trinajstić information content (AvgIpc) is 2.53. The zero-order valence-electron chi connectivity index (χ0n) is 15.6. The van der Waals surface area contributed by atoms with E-state index in [0.717, 1.165) is 18.9 Å². The van der Waals surface area contributed by atoms with Crippen LogP contribution in [0, 0.1) is 0 Å². The Morgan fingerprint density at radius 2 is 1.88 bits per heavy atom. The molecule has 1 atom stereocenters. The number of likely N-dealkylation sites (tertiary alicyclic amines) is 1. The van der Waals surface area contributed by atoms with Gasteiger partial charge in [-0.1, -0.05) is 27.2 Å². The third kappa shape index (κ3) is 4.50.